The van der Waals surface area contributed by atoms with Crippen molar-refractivity contribution in [2.24, 2.45) is 0 Å². The summed E-state index contributed by atoms with van der Waals surface area (Å²) in [6, 6.07) is 0. The maximum atomic E-state index is 8.39. The van der Waals surface area contributed by atoms with E-state index in [2.05, 4.69) is 0 Å². The van der Waals surface area contributed by atoms with E-state index in [0.29, 0.717) is 19.8 Å². The third kappa shape index (κ3) is 6.58. The predicted octanol–water partition coefficient (Wildman–Crippen LogP) is 1.01. The normalized spacial score (nSPS) is 13.8. The summed E-state index contributed by atoms with van der Waals surface area (Å²) in [5.41, 5.74) is 0. The molecule has 73 valence electrons. The lowest BCUT2D eigenvalue weighted by atomic mass is 10.1. The Morgan fingerprint density at radius 3 is 2.42 bits per heavy atom. The molecular weight excluding hydrogens is 156 g/mol. The molecule has 0 bridgehead atoms. The molecule has 3 heteroatoms. The van der Waals surface area contributed by atoms with Crippen molar-refractivity contribution in [3.8, 4) is 0 Å². The Morgan fingerprint density at radius 2 is 1.92 bits per heavy atom. The van der Waals surface area contributed by atoms with Crippen LogP contribution in [0.4, 0.5) is 0 Å². The maximum absolute atomic E-state index is 8.39. The Labute approximate surface area is 74.7 Å². The molecule has 0 saturated carbocycles. The van der Waals surface area contributed by atoms with Crippen molar-refractivity contribution >= 4 is 0 Å². The molecule has 0 aliphatic heterocycles. The summed E-state index contributed by atoms with van der Waals surface area (Å²) < 4.78 is 10.4. The molecule has 0 aromatic rings. The maximum Gasteiger partial charge on any atom is 0.0704 e. The molecule has 12 heavy (non-hydrogen) atoms. The van der Waals surface area contributed by atoms with Gasteiger partial charge in [0.25, 0.3) is 0 Å². The standard InChI is InChI=1S/C9H19O3/c1-8(2)9(3)12-7-6-11-5-4-10/h9-10H,4-7H2,1-3H3. The van der Waals surface area contributed by atoms with E-state index in [1.807, 2.05) is 20.8 Å². The van der Waals surface area contributed by atoms with Crippen LogP contribution >= 0.6 is 0 Å². The molecule has 0 amide bonds. The van der Waals surface area contributed by atoms with Crippen molar-refractivity contribution in [3.63, 3.8) is 0 Å². The van der Waals surface area contributed by atoms with E-state index < -0.39 is 0 Å². The van der Waals surface area contributed by atoms with Crippen LogP contribution in [0.2, 0.25) is 0 Å². The van der Waals surface area contributed by atoms with Crippen LogP contribution in [0.3, 0.4) is 0 Å². The number of rotatable bonds is 7. The molecule has 1 unspecified atom stereocenters. The lowest BCUT2D eigenvalue weighted by molar-refractivity contribution is 0.00941. The SMILES string of the molecule is C[C](C)C(C)OCCOCCO. The molecular formula is C9H19O3. The minimum Gasteiger partial charge on any atom is -0.394 e. The number of aliphatic hydroxyl groups is 1. The Morgan fingerprint density at radius 1 is 1.25 bits per heavy atom. The van der Waals surface area contributed by atoms with Gasteiger partial charge in [-0.05, 0) is 12.8 Å². The van der Waals surface area contributed by atoms with Crippen LogP contribution in [-0.4, -0.2) is 37.6 Å². The van der Waals surface area contributed by atoms with Crippen molar-refractivity contribution < 1.29 is 14.6 Å². The van der Waals surface area contributed by atoms with Gasteiger partial charge < -0.3 is 14.6 Å². The van der Waals surface area contributed by atoms with E-state index in [4.69, 9.17) is 14.6 Å². The third-order valence-corrected chi connectivity index (χ3v) is 1.64. The zero-order valence-corrected chi connectivity index (χ0v) is 8.17. The fraction of sp³-hybridized carbons (Fsp3) is 0.889. The Hall–Kier alpha value is -0.120. The molecule has 0 aromatic heterocycles. The van der Waals surface area contributed by atoms with Crippen molar-refractivity contribution in [1.29, 1.82) is 0 Å². The van der Waals surface area contributed by atoms with Gasteiger partial charge >= 0.3 is 0 Å². The van der Waals surface area contributed by atoms with E-state index >= 15 is 0 Å². The van der Waals surface area contributed by atoms with Crippen LogP contribution < -0.4 is 0 Å². The number of ether oxygens (including phenoxy) is 2. The van der Waals surface area contributed by atoms with Crippen molar-refractivity contribution in [2.45, 2.75) is 26.9 Å². The molecule has 0 fully saturated rings. The van der Waals surface area contributed by atoms with Crippen LogP contribution in [0.1, 0.15) is 20.8 Å². The summed E-state index contributed by atoms with van der Waals surface area (Å²) >= 11 is 0. The lowest BCUT2D eigenvalue weighted by Gasteiger charge is -2.15. The van der Waals surface area contributed by atoms with Gasteiger partial charge in [-0.15, -0.1) is 0 Å². The van der Waals surface area contributed by atoms with E-state index in [-0.39, 0.29) is 12.7 Å². The molecule has 0 aliphatic carbocycles. The number of aliphatic hydroxyl groups excluding tert-OH is 1. The fourth-order valence-corrected chi connectivity index (χ4v) is 0.617. The molecule has 1 N–H and O–H groups in total. The molecule has 0 rings (SSSR count). The van der Waals surface area contributed by atoms with Crippen molar-refractivity contribution in [3.05, 3.63) is 5.92 Å². The van der Waals surface area contributed by atoms with Gasteiger partial charge in [0.15, 0.2) is 0 Å². The minimum atomic E-state index is 0.0779. The second kappa shape index (κ2) is 7.53. The highest BCUT2D eigenvalue weighted by molar-refractivity contribution is 4.84. The van der Waals surface area contributed by atoms with E-state index in [0.717, 1.165) is 0 Å². The van der Waals surface area contributed by atoms with Crippen molar-refractivity contribution in [1.82, 2.24) is 0 Å². The fourth-order valence-electron chi connectivity index (χ4n) is 0.617. The topological polar surface area (TPSA) is 38.7 Å². The van der Waals surface area contributed by atoms with E-state index in [1.54, 1.807) is 0 Å². The first-order valence-corrected chi connectivity index (χ1v) is 4.28. The summed E-state index contributed by atoms with van der Waals surface area (Å²) in [5, 5.41) is 8.39. The van der Waals surface area contributed by atoms with Crippen LogP contribution in [0.15, 0.2) is 0 Å². The van der Waals surface area contributed by atoms with Crippen LogP contribution in [0.5, 0.6) is 0 Å². The number of hydrogen-bond donors (Lipinski definition) is 1. The van der Waals surface area contributed by atoms with Crippen LogP contribution in [0, 0.1) is 5.92 Å². The Bertz CT molecular complexity index is 93.8. The molecule has 0 aliphatic rings. The monoisotopic (exact) mass is 175 g/mol. The van der Waals surface area contributed by atoms with Gasteiger partial charge in [0.1, 0.15) is 0 Å². The number of hydrogen-bond acceptors (Lipinski definition) is 3. The summed E-state index contributed by atoms with van der Waals surface area (Å²) in [4.78, 5) is 0. The average molecular weight is 175 g/mol. The van der Waals surface area contributed by atoms with Gasteiger partial charge in [-0.1, -0.05) is 13.8 Å². The van der Waals surface area contributed by atoms with E-state index in [9.17, 15) is 0 Å². The summed E-state index contributed by atoms with van der Waals surface area (Å²) in [7, 11) is 0. The smallest absolute Gasteiger partial charge is 0.0704 e. The predicted molar refractivity (Wildman–Crippen MR) is 47.9 cm³/mol. The average Bonchev–Trinajstić information content (AvgIpc) is 2.03. The van der Waals surface area contributed by atoms with Gasteiger partial charge in [-0.25, -0.2) is 0 Å². The lowest BCUT2D eigenvalue weighted by Crippen LogP contribution is -2.17. The van der Waals surface area contributed by atoms with Gasteiger partial charge in [0, 0.05) is 0 Å². The quantitative estimate of drug-likeness (QED) is 0.587. The van der Waals surface area contributed by atoms with Gasteiger partial charge in [-0.3, -0.25) is 0 Å². The minimum absolute atomic E-state index is 0.0779. The van der Waals surface area contributed by atoms with Crippen LogP contribution in [-0.2, 0) is 9.47 Å². The second-order valence-electron chi connectivity index (χ2n) is 2.93. The molecule has 0 aromatic carbocycles. The largest absolute Gasteiger partial charge is 0.394 e. The van der Waals surface area contributed by atoms with Crippen LogP contribution in [0.25, 0.3) is 0 Å². The zero-order chi connectivity index (χ0) is 9.40. The third-order valence-electron chi connectivity index (χ3n) is 1.64. The molecule has 1 atom stereocenters. The highest BCUT2D eigenvalue weighted by atomic mass is 16.5. The van der Waals surface area contributed by atoms with Crippen molar-refractivity contribution in [2.75, 3.05) is 26.4 Å². The van der Waals surface area contributed by atoms with Gasteiger partial charge in [0.05, 0.1) is 32.5 Å². The summed E-state index contributed by atoms with van der Waals surface area (Å²) in [6.45, 7) is 7.71. The Balaban J connectivity index is 3.08. The molecule has 1 radical (unpaired) electrons. The summed E-state index contributed by atoms with van der Waals surface area (Å²) in [6.07, 6.45) is 0.197. The molecule has 0 heterocycles. The second-order valence-corrected chi connectivity index (χ2v) is 2.93. The Kier molecular flexibility index (Phi) is 7.45. The molecule has 3 nitrogen and oxygen atoms in total. The van der Waals surface area contributed by atoms with E-state index in [1.165, 1.54) is 5.92 Å². The summed E-state index contributed by atoms with van der Waals surface area (Å²) in [5.74, 6) is 1.26. The zero-order valence-electron chi connectivity index (χ0n) is 8.17. The van der Waals surface area contributed by atoms with Gasteiger partial charge in [0.2, 0.25) is 0 Å². The highest BCUT2D eigenvalue weighted by Gasteiger charge is 2.06. The molecule has 0 spiro atoms. The van der Waals surface area contributed by atoms with Gasteiger partial charge in [-0.2, -0.15) is 0 Å². The first-order chi connectivity index (χ1) is 5.68. The first kappa shape index (κ1) is 11.9. The molecule has 0 saturated heterocycles. The highest BCUT2D eigenvalue weighted by Crippen LogP contribution is 2.06. The first-order valence-electron chi connectivity index (χ1n) is 4.28.